The molecule has 0 spiro atoms. The highest BCUT2D eigenvalue weighted by Crippen LogP contribution is 2.74. The van der Waals surface area contributed by atoms with Crippen molar-refractivity contribution in [1.82, 2.24) is 0 Å². The molecule has 9 atom stereocenters. The number of fused-ring (bicyclic) bond motifs is 7. The summed E-state index contributed by atoms with van der Waals surface area (Å²) in [5.41, 5.74) is 2.19. The number of hydrogen-bond donors (Lipinski definition) is 2. The monoisotopic (exact) mass is 736 g/mol. The van der Waals surface area contributed by atoms with E-state index in [4.69, 9.17) is 9.47 Å². The number of rotatable bonds is 7. The van der Waals surface area contributed by atoms with Crippen molar-refractivity contribution in [2.45, 2.75) is 106 Å². The molecule has 0 amide bonds. The van der Waals surface area contributed by atoms with Crippen LogP contribution in [-0.4, -0.2) is 46.8 Å². The Balaban J connectivity index is 1.19. The summed E-state index contributed by atoms with van der Waals surface area (Å²) >= 11 is 0. The lowest BCUT2D eigenvalue weighted by molar-refractivity contribution is -0.133. The van der Waals surface area contributed by atoms with Crippen LogP contribution >= 0.6 is 0 Å². The van der Waals surface area contributed by atoms with Gasteiger partial charge in [-0.2, -0.15) is 0 Å². The van der Waals surface area contributed by atoms with Gasteiger partial charge in [0.1, 0.15) is 6.10 Å². The Morgan fingerprint density at radius 2 is 1.28 bits per heavy atom. The molecule has 2 aromatic carbocycles. The summed E-state index contributed by atoms with van der Waals surface area (Å²) in [6.45, 7) is 16.8. The number of hydrogen-bond acceptors (Lipinski definition) is 6. The molecular weight excluding hydrogens is 680 g/mol. The van der Waals surface area contributed by atoms with Gasteiger partial charge in [0.2, 0.25) is 0 Å². The maximum atomic E-state index is 13.5. The van der Waals surface area contributed by atoms with Crippen molar-refractivity contribution in [2.75, 3.05) is 6.61 Å². The molecule has 4 saturated carbocycles. The molecule has 0 aliphatic heterocycles. The highest BCUT2D eigenvalue weighted by atomic mass is 16.5. The molecule has 8 nitrogen and oxygen atoms in total. The van der Waals surface area contributed by atoms with Crippen LogP contribution < -0.4 is 0 Å². The van der Waals surface area contributed by atoms with E-state index in [0.717, 1.165) is 44.9 Å². The second-order valence-corrected chi connectivity index (χ2v) is 18.6. The predicted molar refractivity (Wildman–Crippen MR) is 205 cm³/mol. The summed E-state index contributed by atoms with van der Waals surface area (Å²) in [5, 5.41) is 19.5. The molecule has 4 fully saturated rings. The van der Waals surface area contributed by atoms with Gasteiger partial charge < -0.3 is 19.7 Å². The van der Waals surface area contributed by atoms with E-state index in [1.807, 2.05) is 0 Å². The minimum Gasteiger partial charge on any atom is -0.478 e. The predicted octanol–water partition coefficient (Wildman–Crippen LogP) is 10.0. The van der Waals surface area contributed by atoms with E-state index in [9.17, 15) is 29.4 Å². The minimum absolute atomic E-state index is 0.0398. The van der Waals surface area contributed by atoms with Gasteiger partial charge in [0, 0.05) is 10.8 Å². The van der Waals surface area contributed by atoms with Crippen molar-refractivity contribution >= 4 is 23.9 Å². The third-order valence-corrected chi connectivity index (χ3v) is 16.0. The van der Waals surface area contributed by atoms with Gasteiger partial charge >= 0.3 is 23.9 Å². The van der Waals surface area contributed by atoms with Gasteiger partial charge in [0.05, 0.1) is 28.9 Å². The Hall–Kier alpha value is -4.20. The van der Waals surface area contributed by atoms with E-state index in [0.29, 0.717) is 18.3 Å². The van der Waals surface area contributed by atoms with Crippen molar-refractivity contribution in [3.8, 4) is 0 Å². The zero-order valence-electron chi connectivity index (χ0n) is 32.9. The normalized spacial score (nSPS) is 36.5. The quantitative estimate of drug-likeness (QED) is 0.269. The van der Waals surface area contributed by atoms with Crippen molar-refractivity contribution in [3.05, 3.63) is 94.1 Å². The Morgan fingerprint density at radius 1 is 0.685 bits per heavy atom. The van der Waals surface area contributed by atoms with Gasteiger partial charge in [0.15, 0.2) is 0 Å². The van der Waals surface area contributed by atoms with Crippen LogP contribution in [0.5, 0.6) is 0 Å². The van der Waals surface area contributed by atoms with E-state index in [-0.39, 0.29) is 73.9 Å². The number of carbonyl (C=O) groups excluding carboxylic acids is 2. The molecule has 0 bridgehead atoms. The van der Waals surface area contributed by atoms with Crippen LogP contribution in [0.4, 0.5) is 0 Å². The van der Waals surface area contributed by atoms with E-state index < -0.39 is 23.9 Å². The molecule has 0 heterocycles. The summed E-state index contributed by atoms with van der Waals surface area (Å²) in [6, 6.07) is 12.6. The first-order valence-corrected chi connectivity index (χ1v) is 19.9. The average Bonchev–Trinajstić information content (AvgIpc) is 3.13. The fourth-order valence-electron chi connectivity index (χ4n) is 12.6. The fourth-order valence-corrected chi connectivity index (χ4v) is 12.6. The molecule has 8 heteroatoms. The molecule has 0 unspecified atom stereocenters. The summed E-state index contributed by atoms with van der Waals surface area (Å²) in [5.74, 6) is -2.05. The van der Waals surface area contributed by atoms with E-state index in [1.54, 1.807) is 24.3 Å². The lowest BCUT2D eigenvalue weighted by Crippen LogP contribution is -2.62. The first kappa shape index (κ1) is 38.1. The number of ether oxygens (including phenoxy) is 2. The highest BCUT2D eigenvalue weighted by molar-refractivity contribution is 6.03. The molecule has 54 heavy (non-hydrogen) atoms. The summed E-state index contributed by atoms with van der Waals surface area (Å²) in [6.07, 6.45) is 12.0. The number of aromatic carboxylic acids is 2. The highest BCUT2D eigenvalue weighted by Gasteiger charge is 2.67. The van der Waals surface area contributed by atoms with Crippen LogP contribution in [0.25, 0.3) is 0 Å². The van der Waals surface area contributed by atoms with Gasteiger partial charge in [-0.3, -0.25) is 0 Å². The first-order valence-electron chi connectivity index (χ1n) is 19.9. The van der Waals surface area contributed by atoms with E-state index in [2.05, 4.69) is 60.6 Å². The van der Waals surface area contributed by atoms with E-state index in [1.165, 1.54) is 35.4 Å². The number of carbonyl (C=O) groups is 4. The van der Waals surface area contributed by atoms with Gasteiger partial charge in [-0.25, -0.2) is 19.2 Å². The number of carboxylic acid groups (broad SMARTS) is 2. The zero-order valence-corrected chi connectivity index (χ0v) is 32.9. The standard InChI is InChI=1S/C46H56O8/c1-27-18-23-46(26-53-40(51)31-14-10-8-12-29(31)38(47)48)25-24-44(6)33(37(46)28(27)2)16-17-35-43(5)21-20-36(42(3,4)34(43)19-22-45(35,44)7)54-41(52)32-15-11-9-13-30(32)39(49)50/h8-17,27-28,34,36-37H,18-26H2,1-7H3,(H,47,48)(H,49,50)/t27-,28+,34+,36+,37-,43+,44-,45-,46-/m1/s1. The van der Waals surface area contributed by atoms with Gasteiger partial charge in [-0.1, -0.05) is 96.0 Å². The SMILES string of the molecule is C[C@H]1[C@H](C)CC[C@]2(COC(=O)c3ccccc3C(=O)O)CC[C@]3(C)C(=CC=C4[C@@]5(C)CC[C@H](OC(=O)c6ccccc6C(=O)O)C(C)(C)[C@@H]5CC[C@]43C)[C@@H]12. The maximum Gasteiger partial charge on any atom is 0.339 e. The largest absolute Gasteiger partial charge is 0.478 e. The van der Waals surface area contributed by atoms with Crippen molar-refractivity contribution in [1.29, 1.82) is 0 Å². The van der Waals surface area contributed by atoms with Crippen molar-refractivity contribution in [2.24, 2.45) is 50.7 Å². The molecule has 2 N–H and O–H groups in total. The number of carboxylic acids is 2. The minimum atomic E-state index is -1.14. The van der Waals surface area contributed by atoms with Crippen LogP contribution in [0.3, 0.4) is 0 Å². The van der Waals surface area contributed by atoms with E-state index >= 15 is 0 Å². The Morgan fingerprint density at radius 3 is 1.89 bits per heavy atom. The van der Waals surface area contributed by atoms with Gasteiger partial charge in [0.25, 0.3) is 0 Å². The first-order chi connectivity index (χ1) is 25.4. The van der Waals surface area contributed by atoms with Crippen molar-refractivity contribution < 1.29 is 38.9 Å². The molecule has 0 aromatic heterocycles. The molecule has 5 aliphatic rings. The molecular formula is C46H56O8. The average molecular weight is 737 g/mol. The summed E-state index contributed by atoms with van der Waals surface area (Å²) in [4.78, 5) is 50.7. The second-order valence-electron chi connectivity index (χ2n) is 18.6. The number of allylic oxidation sites excluding steroid dienone is 4. The third kappa shape index (κ3) is 5.59. The van der Waals surface area contributed by atoms with Crippen LogP contribution in [0.15, 0.2) is 71.8 Å². The van der Waals surface area contributed by atoms with Gasteiger partial charge in [-0.05, 0) is 116 Å². The van der Waals surface area contributed by atoms with Crippen molar-refractivity contribution in [3.63, 3.8) is 0 Å². The van der Waals surface area contributed by atoms with Crippen LogP contribution in [0.1, 0.15) is 141 Å². The Kier molecular flexibility index (Phi) is 9.33. The second kappa shape index (κ2) is 13.2. The molecule has 2 aromatic rings. The van der Waals surface area contributed by atoms with Gasteiger partial charge in [-0.15, -0.1) is 0 Å². The molecule has 5 aliphatic carbocycles. The fraction of sp³-hybridized carbons (Fsp3) is 0.565. The lowest BCUT2D eigenvalue weighted by atomic mass is 9.36. The third-order valence-electron chi connectivity index (χ3n) is 16.0. The molecule has 7 rings (SSSR count). The number of benzene rings is 2. The van der Waals surface area contributed by atoms with Crippen LogP contribution in [0, 0.1) is 50.7 Å². The zero-order chi connectivity index (χ0) is 39.0. The molecule has 288 valence electrons. The smallest absolute Gasteiger partial charge is 0.339 e. The van der Waals surface area contributed by atoms with Crippen LogP contribution in [0.2, 0.25) is 0 Å². The van der Waals surface area contributed by atoms with Crippen LogP contribution in [-0.2, 0) is 9.47 Å². The maximum absolute atomic E-state index is 13.5. The Bertz CT molecular complexity index is 1960. The summed E-state index contributed by atoms with van der Waals surface area (Å²) < 4.78 is 12.4. The summed E-state index contributed by atoms with van der Waals surface area (Å²) in [7, 11) is 0. The molecule has 0 radical (unpaired) electrons. The lowest BCUT2D eigenvalue weighted by Gasteiger charge is -2.69. The number of esters is 2. The molecule has 0 saturated heterocycles. The Labute approximate surface area is 319 Å². The topological polar surface area (TPSA) is 127 Å².